The second-order valence-electron chi connectivity index (χ2n) is 6.91. The Kier molecular flexibility index (Phi) is 4.38. The molecule has 3 aromatic carbocycles. The molecule has 0 saturated carbocycles. The van der Waals surface area contributed by atoms with Crippen molar-refractivity contribution in [1.82, 2.24) is 14.5 Å². The molecule has 0 amide bonds. The number of aromatic nitrogens is 3. The monoisotopic (exact) mass is 395 g/mol. The van der Waals surface area contributed by atoms with Crippen LogP contribution >= 0.6 is 11.6 Å². The van der Waals surface area contributed by atoms with E-state index in [1.165, 1.54) is 6.33 Å². The summed E-state index contributed by atoms with van der Waals surface area (Å²) in [7, 11) is 0. The second kappa shape index (κ2) is 7.19. The van der Waals surface area contributed by atoms with E-state index in [1.54, 1.807) is 0 Å². The molecule has 0 bridgehead atoms. The molecule has 0 fully saturated rings. The van der Waals surface area contributed by atoms with Gasteiger partial charge in [-0.3, -0.25) is 0 Å². The standard InChI is InChI=1S/C25H18ClN3/c26-22-17-29(23-16-27-18-28-24(22)23)25(19-10-4-1-5-11-19,20-12-6-2-7-13-20)21-14-8-3-9-15-21/h1-18H. The maximum absolute atomic E-state index is 6.64. The molecule has 0 aliphatic carbocycles. The molecule has 0 aliphatic rings. The van der Waals surface area contributed by atoms with Gasteiger partial charge in [-0.1, -0.05) is 103 Å². The Bertz CT molecular complexity index is 1150. The summed E-state index contributed by atoms with van der Waals surface area (Å²) in [5, 5.41) is 0.606. The van der Waals surface area contributed by atoms with Crippen LogP contribution in [-0.2, 0) is 5.54 Å². The van der Waals surface area contributed by atoms with Crippen LogP contribution < -0.4 is 0 Å². The average molecular weight is 396 g/mol. The third-order valence-corrected chi connectivity index (χ3v) is 5.63. The molecule has 4 heteroatoms. The molecule has 2 heterocycles. The topological polar surface area (TPSA) is 30.7 Å². The van der Waals surface area contributed by atoms with Crippen LogP contribution in [0.25, 0.3) is 11.0 Å². The van der Waals surface area contributed by atoms with Crippen LogP contribution in [0.15, 0.2) is 110 Å². The van der Waals surface area contributed by atoms with Crippen LogP contribution in [0.4, 0.5) is 0 Å². The van der Waals surface area contributed by atoms with E-state index in [1.807, 2.05) is 30.6 Å². The molecule has 0 saturated heterocycles. The molecule has 0 spiro atoms. The molecule has 0 N–H and O–H groups in total. The summed E-state index contributed by atoms with van der Waals surface area (Å²) in [5.74, 6) is 0. The van der Waals surface area contributed by atoms with Gasteiger partial charge in [0.25, 0.3) is 0 Å². The van der Waals surface area contributed by atoms with Crippen molar-refractivity contribution in [2.45, 2.75) is 5.54 Å². The summed E-state index contributed by atoms with van der Waals surface area (Å²) in [4.78, 5) is 8.72. The van der Waals surface area contributed by atoms with Gasteiger partial charge in [-0.15, -0.1) is 0 Å². The van der Waals surface area contributed by atoms with Gasteiger partial charge < -0.3 is 4.57 Å². The zero-order valence-electron chi connectivity index (χ0n) is 15.6. The highest BCUT2D eigenvalue weighted by atomic mass is 35.5. The van der Waals surface area contributed by atoms with E-state index in [2.05, 4.69) is 87.3 Å². The van der Waals surface area contributed by atoms with Crippen molar-refractivity contribution in [3.8, 4) is 0 Å². The molecule has 29 heavy (non-hydrogen) atoms. The largest absolute Gasteiger partial charge is 0.325 e. The molecular formula is C25H18ClN3. The average Bonchev–Trinajstić information content (AvgIpc) is 3.14. The minimum atomic E-state index is -0.625. The van der Waals surface area contributed by atoms with Gasteiger partial charge in [0.15, 0.2) is 0 Å². The van der Waals surface area contributed by atoms with E-state index in [0.29, 0.717) is 5.02 Å². The van der Waals surface area contributed by atoms with Gasteiger partial charge in [-0.05, 0) is 16.7 Å². The number of fused-ring (bicyclic) bond motifs is 1. The Hall–Kier alpha value is -3.43. The smallest absolute Gasteiger partial charge is 0.120 e. The molecule has 3 nitrogen and oxygen atoms in total. The first kappa shape index (κ1) is 17.7. The first-order valence-corrected chi connectivity index (χ1v) is 9.83. The van der Waals surface area contributed by atoms with Gasteiger partial charge in [0.05, 0.1) is 16.7 Å². The number of halogens is 1. The Morgan fingerprint density at radius 1 is 0.690 bits per heavy atom. The summed E-state index contributed by atoms with van der Waals surface area (Å²) < 4.78 is 2.20. The molecular weight excluding hydrogens is 378 g/mol. The molecule has 2 aromatic heterocycles. The molecule has 5 aromatic rings. The maximum Gasteiger partial charge on any atom is 0.120 e. The highest BCUT2D eigenvalue weighted by Crippen LogP contribution is 2.43. The quantitative estimate of drug-likeness (QED) is 0.353. The molecule has 0 aliphatic heterocycles. The third kappa shape index (κ3) is 2.74. The van der Waals surface area contributed by atoms with E-state index in [0.717, 1.165) is 27.7 Å². The Balaban J connectivity index is 1.99. The normalized spacial score (nSPS) is 11.6. The predicted octanol–water partition coefficient (Wildman–Crippen LogP) is 5.92. The van der Waals surface area contributed by atoms with Gasteiger partial charge in [0, 0.05) is 6.20 Å². The molecule has 0 atom stereocenters. The van der Waals surface area contributed by atoms with Crippen molar-refractivity contribution in [2.24, 2.45) is 0 Å². The van der Waals surface area contributed by atoms with Crippen LogP contribution in [0.5, 0.6) is 0 Å². The second-order valence-corrected chi connectivity index (χ2v) is 7.32. The van der Waals surface area contributed by atoms with Gasteiger partial charge in [-0.25, -0.2) is 9.97 Å². The maximum atomic E-state index is 6.64. The molecule has 5 rings (SSSR count). The zero-order valence-corrected chi connectivity index (χ0v) is 16.4. The van der Waals surface area contributed by atoms with Crippen LogP contribution in [0, 0.1) is 0 Å². The van der Waals surface area contributed by atoms with Crippen molar-refractivity contribution in [3.05, 3.63) is 131 Å². The van der Waals surface area contributed by atoms with Crippen molar-refractivity contribution in [2.75, 3.05) is 0 Å². The molecule has 0 radical (unpaired) electrons. The number of hydrogen-bond acceptors (Lipinski definition) is 2. The van der Waals surface area contributed by atoms with Gasteiger partial charge in [-0.2, -0.15) is 0 Å². The predicted molar refractivity (Wildman–Crippen MR) is 117 cm³/mol. The molecule has 0 unspecified atom stereocenters. The first-order valence-electron chi connectivity index (χ1n) is 9.45. The lowest BCUT2D eigenvalue weighted by Crippen LogP contribution is -2.37. The van der Waals surface area contributed by atoms with Crippen molar-refractivity contribution in [1.29, 1.82) is 0 Å². The van der Waals surface area contributed by atoms with Crippen LogP contribution in [-0.4, -0.2) is 14.5 Å². The molecule has 140 valence electrons. The fourth-order valence-electron chi connectivity index (χ4n) is 4.16. The zero-order chi connectivity index (χ0) is 19.7. The first-order chi connectivity index (χ1) is 14.3. The summed E-state index contributed by atoms with van der Waals surface area (Å²) in [6.07, 6.45) is 5.33. The summed E-state index contributed by atoms with van der Waals surface area (Å²) in [6.45, 7) is 0. The van der Waals surface area contributed by atoms with Crippen molar-refractivity contribution >= 4 is 22.6 Å². The summed E-state index contributed by atoms with van der Waals surface area (Å²) in [6, 6.07) is 31.5. The minimum Gasteiger partial charge on any atom is -0.325 e. The Morgan fingerprint density at radius 3 is 1.66 bits per heavy atom. The summed E-state index contributed by atoms with van der Waals surface area (Å²) >= 11 is 6.64. The van der Waals surface area contributed by atoms with E-state index in [-0.39, 0.29) is 0 Å². The highest BCUT2D eigenvalue weighted by molar-refractivity contribution is 6.35. The van der Waals surface area contributed by atoms with Crippen LogP contribution in [0.1, 0.15) is 16.7 Å². The van der Waals surface area contributed by atoms with Gasteiger partial charge in [0.2, 0.25) is 0 Å². The SMILES string of the molecule is Clc1cn(C(c2ccccc2)(c2ccccc2)c2ccccc2)c2cncnc12. The fourth-order valence-corrected chi connectivity index (χ4v) is 4.40. The minimum absolute atomic E-state index is 0.606. The summed E-state index contributed by atoms with van der Waals surface area (Å²) in [5.41, 5.74) is 4.40. The van der Waals surface area contributed by atoms with Gasteiger partial charge >= 0.3 is 0 Å². The lowest BCUT2D eigenvalue weighted by atomic mass is 9.76. The van der Waals surface area contributed by atoms with E-state index < -0.39 is 5.54 Å². The third-order valence-electron chi connectivity index (χ3n) is 5.36. The number of benzene rings is 3. The lowest BCUT2D eigenvalue weighted by molar-refractivity contribution is 0.533. The number of rotatable bonds is 4. The number of hydrogen-bond donors (Lipinski definition) is 0. The van der Waals surface area contributed by atoms with E-state index in [9.17, 15) is 0 Å². The highest BCUT2D eigenvalue weighted by Gasteiger charge is 2.39. The van der Waals surface area contributed by atoms with Crippen LogP contribution in [0.3, 0.4) is 0 Å². The van der Waals surface area contributed by atoms with E-state index in [4.69, 9.17) is 11.6 Å². The number of nitrogens with zero attached hydrogens (tertiary/aromatic N) is 3. The Labute approximate surface area is 174 Å². The van der Waals surface area contributed by atoms with Gasteiger partial charge in [0.1, 0.15) is 17.4 Å². The van der Waals surface area contributed by atoms with E-state index >= 15 is 0 Å². The lowest BCUT2D eigenvalue weighted by Gasteiger charge is -2.38. The van der Waals surface area contributed by atoms with Crippen LogP contribution in [0.2, 0.25) is 5.02 Å². The Morgan fingerprint density at radius 2 is 1.17 bits per heavy atom. The van der Waals surface area contributed by atoms with Crippen molar-refractivity contribution < 1.29 is 0 Å². The van der Waals surface area contributed by atoms with Crippen molar-refractivity contribution in [3.63, 3.8) is 0 Å². The fraction of sp³-hybridized carbons (Fsp3) is 0.0400.